The average molecular weight is 597 g/mol. The van der Waals surface area contributed by atoms with Gasteiger partial charge in [-0.15, -0.1) is 0 Å². The number of nitrogens with one attached hydrogen (secondary N) is 2. The monoisotopic (exact) mass is 596 g/mol. The minimum atomic E-state index is -0.427. The fourth-order valence-corrected chi connectivity index (χ4v) is 5.95. The molecule has 2 aliphatic rings. The van der Waals surface area contributed by atoms with Crippen LogP contribution in [0.4, 0.5) is 16.6 Å². The van der Waals surface area contributed by atoms with Gasteiger partial charge in [0.15, 0.2) is 5.65 Å². The quantitative estimate of drug-likeness (QED) is 0.296. The van der Waals surface area contributed by atoms with E-state index in [9.17, 15) is 9.59 Å². The van der Waals surface area contributed by atoms with E-state index in [2.05, 4.69) is 53.5 Å². The molecule has 3 aromatic heterocycles. The Morgan fingerprint density at radius 3 is 2.32 bits per heavy atom. The van der Waals surface area contributed by atoms with Crippen LogP contribution in [0.15, 0.2) is 54.9 Å². The number of ether oxygens (including phenoxy) is 1. The van der Waals surface area contributed by atoms with Crippen molar-refractivity contribution >= 4 is 34.8 Å². The summed E-state index contributed by atoms with van der Waals surface area (Å²) in [5.41, 5.74) is 3.12. The highest BCUT2D eigenvalue weighted by Gasteiger charge is 2.34. The number of fused-ring (bicyclic) bond motifs is 3. The van der Waals surface area contributed by atoms with Crippen LogP contribution in [0.25, 0.3) is 16.7 Å². The highest BCUT2D eigenvalue weighted by Crippen LogP contribution is 2.31. The minimum Gasteiger partial charge on any atom is -0.393 e. The number of nitrogens with zero attached hydrogens (tertiary/aromatic N) is 6. The summed E-state index contributed by atoms with van der Waals surface area (Å²) in [6, 6.07) is 14.3. The van der Waals surface area contributed by atoms with Crippen molar-refractivity contribution in [2.75, 3.05) is 31.5 Å². The van der Waals surface area contributed by atoms with Gasteiger partial charge in [0.25, 0.3) is 5.91 Å². The first-order valence-electron chi connectivity index (χ1n) is 15.4. The number of likely N-dealkylation sites (tertiary alicyclic amines) is 1. The SMILES string of the molecule is CCN(CC)C(=O)Oc1cc2cnc(Nc3ccc(C(=O)N4CC5CCC(C4)N5)cn3)nc2n1-c1ccc(C(C)(C)C)cc1. The Balaban J connectivity index is 1.28. The number of rotatable bonds is 7. The molecule has 5 heterocycles. The Bertz CT molecular complexity index is 1640. The van der Waals surface area contributed by atoms with Gasteiger partial charge in [-0.25, -0.2) is 14.8 Å². The lowest BCUT2D eigenvalue weighted by atomic mass is 9.87. The van der Waals surface area contributed by atoms with Crippen molar-refractivity contribution in [1.29, 1.82) is 0 Å². The summed E-state index contributed by atoms with van der Waals surface area (Å²) in [5.74, 6) is 1.20. The first kappa shape index (κ1) is 29.6. The normalized spacial score (nSPS) is 18.0. The Hall–Kier alpha value is -4.51. The molecule has 2 N–H and O–H groups in total. The third kappa shape index (κ3) is 5.96. The molecule has 4 aromatic rings. The maximum atomic E-state index is 13.1. The number of piperazine rings is 1. The van der Waals surface area contributed by atoms with Gasteiger partial charge in [-0.3, -0.25) is 9.36 Å². The summed E-state index contributed by atoms with van der Waals surface area (Å²) >= 11 is 0. The van der Waals surface area contributed by atoms with E-state index >= 15 is 0 Å². The van der Waals surface area contributed by atoms with Crippen molar-refractivity contribution in [3.05, 3.63) is 66.0 Å². The Morgan fingerprint density at radius 1 is 1.00 bits per heavy atom. The molecule has 44 heavy (non-hydrogen) atoms. The fraction of sp³-hybridized carbons (Fsp3) is 0.424. The summed E-state index contributed by atoms with van der Waals surface area (Å²) < 4.78 is 7.72. The van der Waals surface area contributed by atoms with E-state index in [1.165, 1.54) is 5.56 Å². The average Bonchev–Trinajstić information content (AvgIpc) is 3.54. The van der Waals surface area contributed by atoms with Crippen LogP contribution >= 0.6 is 0 Å². The second kappa shape index (κ2) is 11.9. The van der Waals surface area contributed by atoms with Crippen molar-refractivity contribution < 1.29 is 14.3 Å². The van der Waals surface area contributed by atoms with Gasteiger partial charge in [-0.2, -0.15) is 4.98 Å². The van der Waals surface area contributed by atoms with Crippen LogP contribution in [0.2, 0.25) is 0 Å². The smallest absolute Gasteiger partial charge is 0.393 e. The summed E-state index contributed by atoms with van der Waals surface area (Å²) in [7, 11) is 0. The molecular formula is C33H40N8O3. The molecule has 230 valence electrons. The van der Waals surface area contributed by atoms with Crippen LogP contribution in [-0.2, 0) is 5.41 Å². The van der Waals surface area contributed by atoms with Crippen molar-refractivity contribution in [1.82, 2.24) is 34.6 Å². The second-order valence-electron chi connectivity index (χ2n) is 12.5. The highest BCUT2D eigenvalue weighted by atomic mass is 16.6. The van der Waals surface area contributed by atoms with Gasteiger partial charge >= 0.3 is 6.09 Å². The zero-order chi connectivity index (χ0) is 31.0. The molecule has 0 saturated carbocycles. The largest absolute Gasteiger partial charge is 0.416 e. The Labute approximate surface area is 257 Å². The van der Waals surface area contributed by atoms with Crippen LogP contribution in [0, 0.1) is 0 Å². The molecule has 11 nitrogen and oxygen atoms in total. The summed E-state index contributed by atoms with van der Waals surface area (Å²) in [4.78, 5) is 43.4. The van der Waals surface area contributed by atoms with E-state index in [-0.39, 0.29) is 11.3 Å². The standard InChI is InChI=1S/C33H40N8O3/c1-6-39(7-2)32(43)44-28-16-22-18-35-31(38-29(22)41(28)26-13-9-23(10-14-26)33(3,4)5)37-27-15-8-21(17-34-27)30(42)40-19-24-11-12-25(20-40)36-24/h8-10,13-18,24-25,36H,6-7,11-12,19-20H2,1-5H3,(H,34,35,37,38). The number of hydrogen-bond acceptors (Lipinski definition) is 8. The first-order chi connectivity index (χ1) is 21.1. The van der Waals surface area contributed by atoms with Crippen LogP contribution in [0.1, 0.15) is 63.4 Å². The molecule has 2 atom stereocenters. The molecular weight excluding hydrogens is 556 g/mol. The van der Waals surface area contributed by atoms with Gasteiger partial charge in [0.1, 0.15) is 5.82 Å². The number of carbonyl (C=O) groups is 2. The molecule has 0 radical (unpaired) electrons. The van der Waals surface area contributed by atoms with Gasteiger partial charge < -0.3 is 25.2 Å². The molecule has 11 heteroatoms. The van der Waals surface area contributed by atoms with E-state index < -0.39 is 6.09 Å². The van der Waals surface area contributed by atoms with Gasteiger partial charge in [0.2, 0.25) is 11.8 Å². The highest BCUT2D eigenvalue weighted by molar-refractivity contribution is 5.94. The van der Waals surface area contributed by atoms with Crippen molar-refractivity contribution in [2.45, 2.75) is 65.0 Å². The van der Waals surface area contributed by atoms with Crippen LogP contribution in [-0.4, -0.2) is 79.6 Å². The molecule has 0 aliphatic carbocycles. The van der Waals surface area contributed by atoms with Gasteiger partial charge in [-0.1, -0.05) is 32.9 Å². The number of amides is 2. The molecule has 0 spiro atoms. The van der Waals surface area contributed by atoms with E-state index in [0.29, 0.717) is 54.0 Å². The third-order valence-corrected chi connectivity index (χ3v) is 8.47. The number of anilines is 2. The molecule has 2 fully saturated rings. The maximum Gasteiger partial charge on any atom is 0.416 e. The van der Waals surface area contributed by atoms with Crippen molar-refractivity contribution in [3.8, 4) is 11.6 Å². The molecule has 2 bridgehead atoms. The van der Waals surface area contributed by atoms with Crippen LogP contribution in [0.5, 0.6) is 5.88 Å². The number of aromatic nitrogens is 4. The Kier molecular flexibility index (Phi) is 7.98. The zero-order valence-electron chi connectivity index (χ0n) is 26.0. The Morgan fingerprint density at radius 2 is 1.70 bits per heavy atom. The molecule has 6 rings (SSSR count). The first-order valence-corrected chi connectivity index (χ1v) is 15.4. The van der Waals surface area contributed by atoms with Crippen molar-refractivity contribution in [2.24, 2.45) is 0 Å². The van der Waals surface area contributed by atoms with Gasteiger partial charge in [0.05, 0.1) is 11.3 Å². The number of hydrogen-bond donors (Lipinski definition) is 2. The number of benzene rings is 1. The van der Waals surface area contributed by atoms with Gasteiger partial charge in [0, 0.05) is 62.1 Å². The maximum absolute atomic E-state index is 13.1. The third-order valence-electron chi connectivity index (χ3n) is 8.47. The summed E-state index contributed by atoms with van der Waals surface area (Å²) in [5, 5.41) is 7.44. The topological polar surface area (TPSA) is 118 Å². The van der Waals surface area contributed by atoms with Crippen LogP contribution in [0.3, 0.4) is 0 Å². The van der Waals surface area contributed by atoms with E-state index in [1.54, 1.807) is 35.5 Å². The van der Waals surface area contributed by atoms with E-state index in [0.717, 1.165) is 37.0 Å². The number of pyridine rings is 1. The van der Waals surface area contributed by atoms with Crippen molar-refractivity contribution in [3.63, 3.8) is 0 Å². The predicted octanol–water partition coefficient (Wildman–Crippen LogP) is 5.27. The lowest BCUT2D eigenvalue weighted by molar-refractivity contribution is 0.0697. The lowest BCUT2D eigenvalue weighted by Crippen LogP contribution is -2.53. The summed E-state index contributed by atoms with van der Waals surface area (Å²) in [6.45, 7) is 12.9. The fourth-order valence-electron chi connectivity index (χ4n) is 5.95. The zero-order valence-corrected chi connectivity index (χ0v) is 26.0. The molecule has 2 aliphatic heterocycles. The molecule has 1 aromatic carbocycles. The minimum absolute atomic E-state index is 0.00205. The molecule has 2 amide bonds. The molecule has 2 unspecified atom stereocenters. The van der Waals surface area contributed by atoms with E-state index in [4.69, 9.17) is 9.72 Å². The van der Waals surface area contributed by atoms with E-state index in [1.807, 2.05) is 35.4 Å². The van der Waals surface area contributed by atoms with Gasteiger partial charge in [-0.05, 0) is 61.9 Å². The number of carbonyl (C=O) groups excluding carboxylic acids is 2. The molecule has 2 saturated heterocycles. The lowest BCUT2D eigenvalue weighted by Gasteiger charge is -2.32. The predicted molar refractivity (Wildman–Crippen MR) is 170 cm³/mol. The summed E-state index contributed by atoms with van der Waals surface area (Å²) in [6.07, 6.45) is 5.09. The second-order valence-corrected chi connectivity index (χ2v) is 12.5. The van der Waals surface area contributed by atoms with Crippen LogP contribution < -0.4 is 15.4 Å².